The number of rotatable bonds is 7. The van der Waals surface area contributed by atoms with Crippen molar-refractivity contribution >= 4 is 39.2 Å². The number of benzene rings is 2. The number of methoxy groups -OCH3 is 2. The Morgan fingerprint density at radius 2 is 1.67 bits per heavy atom. The van der Waals surface area contributed by atoms with Gasteiger partial charge in [0.1, 0.15) is 11.3 Å². The Morgan fingerprint density at radius 1 is 1.07 bits per heavy atom. The van der Waals surface area contributed by atoms with Crippen LogP contribution in [0.25, 0.3) is 0 Å². The zero-order valence-electron chi connectivity index (χ0n) is 17.2. The van der Waals surface area contributed by atoms with Gasteiger partial charge in [-0.25, -0.2) is 13.2 Å². The Kier molecular flexibility index (Phi) is 6.99. The summed E-state index contributed by atoms with van der Waals surface area (Å²) in [5.74, 6) is -0.780. The summed E-state index contributed by atoms with van der Waals surface area (Å²) >= 11 is 6.11. The van der Waals surface area contributed by atoms with Gasteiger partial charge in [0.2, 0.25) is 0 Å². The number of nitrogens with one attached hydrogen (secondary N) is 1. The molecule has 8 nitrogen and oxygen atoms in total. The van der Waals surface area contributed by atoms with Crippen LogP contribution in [0.1, 0.15) is 24.2 Å². The summed E-state index contributed by atoms with van der Waals surface area (Å²) in [4.78, 5) is 24.4. The molecule has 0 aromatic heterocycles. The summed E-state index contributed by atoms with van der Waals surface area (Å²) in [6, 6.07) is 10.3. The molecule has 0 aliphatic heterocycles. The predicted molar refractivity (Wildman–Crippen MR) is 114 cm³/mol. The van der Waals surface area contributed by atoms with Crippen LogP contribution >= 0.6 is 11.6 Å². The van der Waals surface area contributed by atoms with Gasteiger partial charge in [0, 0.05) is 7.05 Å². The van der Waals surface area contributed by atoms with Crippen LogP contribution in [0.5, 0.6) is 5.75 Å². The third-order valence-corrected chi connectivity index (χ3v) is 6.51. The van der Waals surface area contributed by atoms with Gasteiger partial charge in [-0.15, -0.1) is 0 Å². The van der Waals surface area contributed by atoms with Crippen LogP contribution in [0, 0.1) is 0 Å². The molecule has 0 unspecified atom stereocenters. The summed E-state index contributed by atoms with van der Waals surface area (Å²) in [6.07, 6.45) is 0. The zero-order valence-corrected chi connectivity index (χ0v) is 18.8. The van der Waals surface area contributed by atoms with E-state index in [1.165, 1.54) is 53.3 Å². The van der Waals surface area contributed by atoms with E-state index in [4.69, 9.17) is 16.3 Å². The van der Waals surface area contributed by atoms with Crippen LogP contribution in [0.15, 0.2) is 47.4 Å². The number of carbonyl (C=O) groups is 2. The number of sulfonamides is 1. The van der Waals surface area contributed by atoms with Gasteiger partial charge in [-0.05, 0) is 56.3 Å². The van der Waals surface area contributed by atoms with Gasteiger partial charge in [0.15, 0.2) is 0 Å². The second-order valence-corrected chi connectivity index (χ2v) is 9.26. The van der Waals surface area contributed by atoms with Gasteiger partial charge in [-0.2, -0.15) is 0 Å². The summed E-state index contributed by atoms with van der Waals surface area (Å²) in [7, 11) is 0.119. The third-order valence-electron chi connectivity index (χ3n) is 4.40. The molecular formula is C20H23ClN2O6S. The first-order valence-corrected chi connectivity index (χ1v) is 10.6. The quantitative estimate of drug-likeness (QED) is 0.645. The second-order valence-electron chi connectivity index (χ2n) is 6.88. The van der Waals surface area contributed by atoms with Crippen LogP contribution in [-0.4, -0.2) is 47.1 Å². The molecular weight excluding hydrogens is 432 g/mol. The summed E-state index contributed by atoms with van der Waals surface area (Å²) < 4.78 is 36.9. The number of ether oxygens (including phenoxy) is 2. The van der Waals surface area contributed by atoms with Crippen LogP contribution in [0.3, 0.4) is 0 Å². The maximum Gasteiger partial charge on any atom is 0.330 e. The van der Waals surface area contributed by atoms with E-state index in [-0.39, 0.29) is 15.5 Å². The van der Waals surface area contributed by atoms with Crippen molar-refractivity contribution in [3.05, 3.63) is 53.1 Å². The first-order chi connectivity index (χ1) is 13.9. The Balaban J connectivity index is 2.38. The van der Waals surface area contributed by atoms with Crippen molar-refractivity contribution in [2.24, 2.45) is 0 Å². The fraction of sp³-hybridized carbons (Fsp3) is 0.300. The van der Waals surface area contributed by atoms with Gasteiger partial charge in [0.25, 0.3) is 15.9 Å². The van der Waals surface area contributed by atoms with Crippen LogP contribution in [-0.2, 0) is 19.6 Å². The fourth-order valence-corrected chi connectivity index (χ4v) is 4.01. The highest BCUT2D eigenvalue weighted by molar-refractivity contribution is 7.92. The number of carbonyl (C=O) groups excluding carboxylic acids is 2. The molecule has 0 radical (unpaired) electrons. The van der Waals surface area contributed by atoms with E-state index in [0.717, 1.165) is 4.31 Å². The Morgan fingerprint density at radius 3 is 2.20 bits per heavy atom. The zero-order chi connectivity index (χ0) is 22.7. The van der Waals surface area contributed by atoms with Crippen molar-refractivity contribution in [2.75, 3.05) is 25.6 Å². The number of nitrogens with zero attached hydrogens (tertiary/aromatic N) is 1. The third kappa shape index (κ3) is 4.85. The number of amides is 1. The molecule has 2 rings (SSSR count). The number of esters is 1. The molecule has 2 aromatic carbocycles. The average molecular weight is 455 g/mol. The molecule has 0 heterocycles. The average Bonchev–Trinajstić information content (AvgIpc) is 2.72. The van der Waals surface area contributed by atoms with Crippen LogP contribution in [0.4, 0.5) is 5.69 Å². The van der Waals surface area contributed by atoms with E-state index in [2.05, 4.69) is 10.1 Å². The van der Waals surface area contributed by atoms with E-state index in [1.807, 2.05) is 0 Å². The van der Waals surface area contributed by atoms with Gasteiger partial charge >= 0.3 is 5.97 Å². The van der Waals surface area contributed by atoms with Crippen LogP contribution < -0.4 is 14.4 Å². The lowest BCUT2D eigenvalue weighted by Gasteiger charge is -2.24. The van der Waals surface area contributed by atoms with Gasteiger partial charge in [-0.3, -0.25) is 9.10 Å². The number of hydrogen-bond acceptors (Lipinski definition) is 6. The lowest BCUT2D eigenvalue weighted by molar-refractivity contribution is -0.146. The highest BCUT2D eigenvalue weighted by Crippen LogP contribution is 2.27. The Labute approximate surface area is 180 Å². The molecule has 0 atom stereocenters. The van der Waals surface area contributed by atoms with Crippen molar-refractivity contribution in [3.63, 3.8) is 0 Å². The Hall–Kier alpha value is -2.78. The summed E-state index contributed by atoms with van der Waals surface area (Å²) in [6.45, 7) is 2.92. The molecule has 2 aromatic rings. The van der Waals surface area contributed by atoms with Crippen molar-refractivity contribution < 1.29 is 27.5 Å². The Bertz CT molecular complexity index is 1050. The number of halogens is 1. The lowest BCUT2D eigenvalue weighted by Crippen LogP contribution is -2.50. The van der Waals surface area contributed by atoms with E-state index in [1.54, 1.807) is 24.3 Å². The van der Waals surface area contributed by atoms with Gasteiger partial charge < -0.3 is 14.8 Å². The molecule has 1 N–H and O–H groups in total. The standard InChI is InChI=1S/C20H23ClN2O6S/c1-20(2,19(25)29-5)22-18(24)16-12-15(10-11-17(16)21)30(26,27)23(3)13-6-8-14(28-4)9-7-13/h6-12H,1-5H3,(H,22,24). The normalized spacial score (nSPS) is 11.5. The maximum atomic E-state index is 13.1. The van der Waals surface area contributed by atoms with E-state index >= 15 is 0 Å². The number of hydrogen-bond donors (Lipinski definition) is 1. The molecule has 0 bridgehead atoms. The SMILES string of the molecule is COC(=O)C(C)(C)NC(=O)c1cc(S(=O)(=O)N(C)c2ccc(OC)cc2)ccc1Cl. The molecule has 10 heteroatoms. The molecule has 0 saturated carbocycles. The molecule has 1 amide bonds. The minimum atomic E-state index is -3.99. The largest absolute Gasteiger partial charge is 0.497 e. The van der Waals surface area contributed by atoms with Crippen molar-refractivity contribution in [1.82, 2.24) is 5.32 Å². The van der Waals surface area contributed by atoms with E-state index < -0.39 is 27.4 Å². The minimum absolute atomic E-state index is 0.0409. The monoisotopic (exact) mass is 454 g/mol. The van der Waals surface area contributed by atoms with Crippen molar-refractivity contribution in [1.29, 1.82) is 0 Å². The smallest absolute Gasteiger partial charge is 0.330 e. The molecule has 0 aliphatic rings. The highest BCUT2D eigenvalue weighted by Gasteiger charge is 2.32. The van der Waals surface area contributed by atoms with E-state index in [9.17, 15) is 18.0 Å². The topological polar surface area (TPSA) is 102 Å². The van der Waals surface area contributed by atoms with Crippen molar-refractivity contribution in [3.8, 4) is 5.75 Å². The molecule has 0 fully saturated rings. The molecule has 0 aliphatic carbocycles. The number of anilines is 1. The molecule has 162 valence electrons. The molecule has 0 spiro atoms. The van der Waals surface area contributed by atoms with E-state index in [0.29, 0.717) is 11.4 Å². The van der Waals surface area contributed by atoms with Gasteiger partial charge in [0.05, 0.1) is 35.4 Å². The lowest BCUT2D eigenvalue weighted by atomic mass is 10.1. The highest BCUT2D eigenvalue weighted by atomic mass is 35.5. The summed E-state index contributed by atoms with van der Waals surface area (Å²) in [5, 5.41) is 2.54. The second kappa shape index (κ2) is 8.93. The summed E-state index contributed by atoms with van der Waals surface area (Å²) in [5.41, 5.74) is -1.01. The fourth-order valence-electron chi connectivity index (χ4n) is 2.59. The van der Waals surface area contributed by atoms with Gasteiger partial charge in [-0.1, -0.05) is 11.6 Å². The van der Waals surface area contributed by atoms with Crippen molar-refractivity contribution in [2.45, 2.75) is 24.3 Å². The first kappa shape index (κ1) is 23.5. The maximum absolute atomic E-state index is 13.1. The molecule has 30 heavy (non-hydrogen) atoms. The molecule has 0 saturated heterocycles. The first-order valence-electron chi connectivity index (χ1n) is 8.77. The minimum Gasteiger partial charge on any atom is -0.497 e. The van der Waals surface area contributed by atoms with Crippen LogP contribution in [0.2, 0.25) is 5.02 Å². The predicted octanol–water partition coefficient (Wildman–Crippen LogP) is 2.86.